The van der Waals surface area contributed by atoms with Crippen LogP contribution < -0.4 is 0 Å². The summed E-state index contributed by atoms with van der Waals surface area (Å²) >= 11 is 34.9. The molecule has 1 aliphatic heterocycles. The van der Waals surface area contributed by atoms with Crippen LogP contribution in [0, 0.1) is 11.8 Å². The maximum atomic E-state index is 12.7. The Morgan fingerprint density at radius 3 is 1.96 bits per heavy atom. The van der Waals surface area contributed by atoms with E-state index in [0.29, 0.717) is 0 Å². The second-order valence-corrected chi connectivity index (χ2v) is 10.8. The van der Waals surface area contributed by atoms with Crippen molar-refractivity contribution in [3.8, 4) is 0 Å². The second kappa shape index (κ2) is 7.78. The Balaban J connectivity index is 3.24. The van der Waals surface area contributed by atoms with Crippen molar-refractivity contribution in [3.63, 3.8) is 0 Å². The number of hydrogen-bond acceptors (Lipinski definition) is 3. The molecule has 0 aliphatic carbocycles. The van der Waals surface area contributed by atoms with Crippen LogP contribution in [0.3, 0.4) is 0 Å². The van der Waals surface area contributed by atoms with Crippen molar-refractivity contribution in [1.82, 2.24) is 9.80 Å². The Labute approximate surface area is 176 Å². The molecule has 0 aromatic heterocycles. The molecule has 1 saturated heterocycles. The van der Waals surface area contributed by atoms with Gasteiger partial charge in [-0.25, -0.2) is 0 Å². The first-order valence-corrected chi connectivity index (χ1v) is 9.44. The first kappa shape index (κ1) is 23.4. The Morgan fingerprint density at radius 2 is 1.56 bits per heavy atom. The van der Waals surface area contributed by atoms with Gasteiger partial charge in [-0.2, -0.15) is 0 Å². The van der Waals surface area contributed by atoms with Crippen molar-refractivity contribution in [2.75, 3.05) is 14.1 Å². The van der Waals surface area contributed by atoms with E-state index in [1.165, 1.54) is 20.2 Å². The molecule has 11 heteroatoms. The molecule has 1 rings (SSSR count). The molecule has 5 nitrogen and oxygen atoms in total. The molecule has 2 amide bonds. The van der Waals surface area contributed by atoms with Crippen molar-refractivity contribution < 1.29 is 14.7 Å². The zero-order valence-corrected chi connectivity index (χ0v) is 18.4. The number of aliphatic hydroxyl groups is 1. The molecule has 25 heavy (non-hydrogen) atoms. The number of likely N-dealkylation sites (N-methyl/N-ethyl adjacent to an activating group) is 2. The average molecular weight is 475 g/mol. The van der Waals surface area contributed by atoms with E-state index >= 15 is 0 Å². The highest BCUT2D eigenvalue weighted by Gasteiger charge is 2.53. The Bertz CT molecular complexity index is 586. The van der Waals surface area contributed by atoms with Crippen molar-refractivity contribution in [1.29, 1.82) is 0 Å². The van der Waals surface area contributed by atoms with Gasteiger partial charge in [0.15, 0.2) is 7.59 Å². The van der Waals surface area contributed by atoms with Gasteiger partial charge in [0, 0.05) is 32.4 Å². The summed E-state index contributed by atoms with van der Waals surface area (Å²) in [4.78, 5) is 27.3. The van der Waals surface area contributed by atoms with Crippen LogP contribution in [0.1, 0.15) is 20.3 Å². The smallest absolute Gasteiger partial charge is 0.280 e. The van der Waals surface area contributed by atoms with E-state index in [1.807, 2.05) is 0 Å². The number of carbonyl (C=O) groups excluding carboxylic acids is 2. The normalized spacial score (nSPS) is 27.1. The molecule has 1 fully saturated rings. The fourth-order valence-electron chi connectivity index (χ4n) is 2.29. The van der Waals surface area contributed by atoms with Crippen LogP contribution in [0.5, 0.6) is 0 Å². The number of allylic oxidation sites excluding steroid dienone is 1. The molecule has 0 saturated carbocycles. The molecule has 144 valence electrons. The molecular weight excluding hydrogens is 457 g/mol. The van der Waals surface area contributed by atoms with Crippen molar-refractivity contribution >= 4 is 81.4 Å². The molecule has 0 aromatic rings. The second-order valence-electron chi connectivity index (χ2n) is 6.07. The Hall–Kier alpha value is 0.380. The van der Waals surface area contributed by atoms with E-state index in [0.717, 1.165) is 9.80 Å². The zero-order chi connectivity index (χ0) is 20.0. The first-order valence-electron chi connectivity index (χ1n) is 7.17. The monoisotopic (exact) mass is 472 g/mol. The molecule has 0 unspecified atom stereocenters. The minimum atomic E-state index is -2.16. The highest BCUT2D eigenvalue weighted by Crippen LogP contribution is 2.42. The summed E-state index contributed by atoms with van der Waals surface area (Å²) in [5.74, 6) is -2.74. The van der Waals surface area contributed by atoms with Gasteiger partial charge in [0.2, 0.25) is 5.72 Å². The summed E-state index contributed by atoms with van der Waals surface area (Å²) in [6.45, 7) is 3.13. The highest BCUT2D eigenvalue weighted by molar-refractivity contribution is 6.68. The van der Waals surface area contributed by atoms with Crippen LogP contribution in [0.4, 0.5) is 0 Å². The van der Waals surface area contributed by atoms with E-state index in [1.54, 1.807) is 13.8 Å². The summed E-state index contributed by atoms with van der Waals surface area (Å²) in [5, 5.41) is 10.8. The molecule has 1 N–H and O–H groups in total. The van der Waals surface area contributed by atoms with E-state index < -0.39 is 37.0 Å². The van der Waals surface area contributed by atoms with Gasteiger partial charge in [0.05, 0.1) is 0 Å². The van der Waals surface area contributed by atoms with Crippen LogP contribution >= 0.6 is 69.6 Å². The molecular formula is C14H18Cl6N2O3. The Kier molecular flexibility index (Phi) is 7.29. The quantitative estimate of drug-likeness (QED) is 0.498. The van der Waals surface area contributed by atoms with Gasteiger partial charge in [0.1, 0.15) is 5.70 Å². The number of rotatable bonds is 3. The van der Waals surface area contributed by atoms with Crippen LogP contribution in [-0.2, 0) is 9.59 Å². The molecule has 0 radical (unpaired) electrons. The summed E-state index contributed by atoms with van der Waals surface area (Å²) < 4.78 is -3.37. The molecule has 3 atom stereocenters. The molecule has 0 aromatic carbocycles. The van der Waals surface area contributed by atoms with Gasteiger partial charge in [-0.3, -0.25) is 9.59 Å². The minimum absolute atomic E-state index is 0.0162. The fraction of sp³-hybridized carbons (Fsp3) is 0.714. The predicted molar refractivity (Wildman–Crippen MR) is 102 cm³/mol. The summed E-state index contributed by atoms with van der Waals surface area (Å²) in [6.07, 6.45) is 1.10. The SMILES string of the molecule is C[C@@H](/C=C1\C(=O)N(C)[C@](O)(C[C@H](C)C(Cl)(Cl)Cl)C(=O)N1C)C(Cl)(Cl)Cl. The van der Waals surface area contributed by atoms with Crippen molar-refractivity contribution in [2.45, 2.75) is 33.6 Å². The molecule has 0 bridgehead atoms. The lowest BCUT2D eigenvalue weighted by Gasteiger charge is -2.45. The maximum absolute atomic E-state index is 12.7. The van der Waals surface area contributed by atoms with Crippen LogP contribution in [-0.4, -0.2) is 54.1 Å². The topological polar surface area (TPSA) is 60.9 Å². The van der Waals surface area contributed by atoms with E-state index in [-0.39, 0.29) is 12.1 Å². The number of hydrogen-bond donors (Lipinski definition) is 1. The average Bonchev–Trinajstić information content (AvgIpc) is 2.45. The molecule has 0 spiro atoms. The third kappa shape index (κ3) is 5.01. The van der Waals surface area contributed by atoms with Gasteiger partial charge in [0.25, 0.3) is 11.8 Å². The lowest BCUT2D eigenvalue weighted by atomic mass is 9.93. The third-order valence-corrected chi connectivity index (χ3v) is 6.31. The van der Waals surface area contributed by atoms with E-state index in [9.17, 15) is 14.7 Å². The number of piperazine rings is 1. The van der Waals surface area contributed by atoms with Gasteiger partial charge in [-0.1, -0.05) is 83.5 Å². The Morgan fingerprint density at radius 1 is 1.08 bits per heavy atom. The van der Waals surface area contributed by atoms with Crippen molar-refractivity contribution in [3.05, 3.63) is 11.8 Å². The van der Waals surface area contributed by atoms with E-state index in [2.05, 4.69) is 0 Å². The summed E-state index contributed by atoms with van der Waals surface area (Å²) in [6, 6.07) is 0. The molecule has 1 heterocycles. The van der Waals surface area contributed by atoms with Gasteiger partial charge in [-0.15, -0.1) is 0 Å². The van der Waals surface area contributed by atoms with Gasteiger partial charge < -0.3 is 14.9 Å². The van der Waals surface area contributed by atoms with Crippen molar-refractivity contribution in [2.24, 2.45) is 11.8 Å². The first-order chi connectivity index (χ1) is 11.0. The lowest BCUT2D eigenvalue weighted by molar-refractivity contribution is -0.187. The summed E-state index contributed by atoms with van der Waals surface area (Å²) in [7, 11) is 2.63. The predicted octanol–water partition coefficient (Wildman–Crippen LogP) is 3.89. The van der Waals surface area contributed by atoms with E-state index in [4.69, 9.17) is 69.6 Å². The zero-order valence-electron chi connectivity index (χ0n) is 13.9. The number of halogens is 6. The molecule has 1 aliphatic rings. The standard InChI is InChI=1S/C14H18Cl6N2O3/c1-7(13(15,16)17)5-9-10(23)22(4)12(25,11(24)21(9)3)6-8(2)14(18,19)20/h5,7-8,25H,6H2,1-4H3/b9-5+/t7-,8-,12-/m0/s1. The maximum Gasteiger partial charge on any atom is 0.280 e. The number of amides is 2. The highest BCUT2D eigenvalue weighted by atomic mass is 35.6. The van der Waals surface area contributed by atoms with Crippen LogP contribution in [0.15, 0.2) is 11.8 Å². The summed E-state index contributed by atoms with van der Waals surface area (Å²) in [5.41, 5.74) is -2.17. The van der Waals surface area contributed by atoms with Gasteiger partial charge in [-0.05, 0) is 6.08 Å². The van der Waals surface area contributed by atoms with Crippen LogP contribution in [0.25, 0.3) is 0 Å². The largest absolute Gasteiger partial charge is 0.363 e. The number of nitrogens with zero attached hydrogens (tertiary/aromatic N) is 2. The minimum Gasteiger partial charge on any atom is -0.363 e. The van der Waals surface area contributed by atoms with Gasteiger partial charge >= 0.3 is 0 Å². The number of carbonyl (C=O) groups is 2. The lowest BCUT2D eigenvalue weighted by Crippen LogP contribution is -2.66. The fourth-order valence-corrected chi connectivity index (χ4v) is 2.71. The number of alkyl halides is 6. The third-order valence-electron chi connectivity index (χ3n) is 4.16. The van der Waals surface area contributed by atoms with Crippen LogP contribution in [0.2, 0.25) is 0 Å².